The Morgan fingerprint density at radius 1 is 1.35 bits per heavy atom. The summed E-state index contributed by atoms with van der Waals surface area (Å²) in [6.07, 6.45) is 0.884. The van der Waals surface area contributed by atoms with Gasteiger partial charge in [0.25, 0.3) is 0 Å². The molecule has 0 radical (unpaired) electrons. The van der Waals surface area contributed by atoms with E-state index in [9.17, 15) is 4.79 Å². The molecule has 1 rings (SSSR count). The minimum atomic E-state index is -0.273. The fraction of sp³-hybridized carbons (Fsp3) is 0.462. The summed E-state index contributed by atoms with van der Waals surface area (Å²) < 4.78 is 5.75. The van der Waals surface area contributed by atoms with Gasteiger partial charge in [-0.05, 0) is 38.0 Å². The van der Waals surface area contributed by atoms with Crippen molar-refractivity contribution in [2.24, 2.45) is 0 Å². The van der Waals surface area contributed by atoms with Crippen LogP contribution in [0, 0.1) is 0 Å². The molecule has 0 aromatic heterocycles. The smallest absolute Gasteiger partial charge is 0.322 e. The van der Waals surface area contributed by atoms with Gasteiger partial charge in [0.2, 0.25) is 0 Å². The number of hydrogen-bond donors (Lipinski definition) is 1. The van der Waals surface area contributed by atoms with Gasteiger partial charge < -0.3 is 10.1 Å². The summed E-state index contributed by atoms with van der Waals surface area (Å²) in [4.78, 5) is 11.3. The van der Waals surface area contributed by atoms with Gasteiger partial charge in [0.1, 0.15) is 6.04 Å². The predicted octanol–water partition coefficient (Wildman–Crippen LogP) is 2.53. The summed E-state index contributed by atoms with van der Waals surface area (Å²) in [7, 11) is 1.40. The average molecular weight is 300 g/mol. The Bertz CT molecular complexity index is 364. The molecule has 94 valence electrons. The third-order valence-corrected chi connectivity index (χ3v) is 3.07. The third-order valence-electron chi connectivity index (χ3n) is 2.54. The molecule has 0 bridgehead atoms. The summed E-state index contributed by atoms with van der Waals surface area (Å²) in [5, 5.41) is 3.21. The fourth-order valence-corrected chi connectivity index (χ4v) is 1.97. The summed E-state index contributed by atoms with van der Waals surface area (Å²) in [6, 6.07) is 8.14. The van der Waals surface area contributed by atoms with Crippen molar-refractivity contribution in [3.63, 3.8) is 0 Å². The zero-order valence-corrected chi connectivity index (χ0v) is 12.0. The molecule has 3 nitrogen and oxygen atoms in total. The molecule has 0 aliphatic rings. The van der Waals surface area contributed by atoms with Crippen LogP contribution < -0.4 is 5.32 Å². The minimum Gasteiger partial charge on any atom is -0.468 e. The first-order chi connectivity index (χ1) is 8.02. The quantitative estimate of drug-likeness (QED) is 0.849. The summed E-state index contributed by atoms with van der Waals surface area (Å²) in [5.41, 5.74) is 1.24. The Labute approximate surface area is 111 Å². The largest absolute Gasteiger partial charge is 0.468 e. The van der Waals surface area contributed by atoms with Crippen LogP contribution in [0.2, 0.25) is 0 Å². The number of rotatable bonds is 5. The van der Waals surface area contributed by atoms with E-state index < -0.39 is 0 Å². The highest BCUT2D eigenvalue weighted by atomic mass is 79.9. The van der Waals surface area contributed by atoms with Crippen molar-refractivity contribution >= 4 is 21.9 Å². The second-order valence-electron chi connectivity index (χ2n) is 4.14. The zero-order valence-electron chi connectivity index (χ0n) is 10.4. The highest BCUT2D eigenvalue weighted by Gasteiger charge is 2.15. The van der Waals surface area contributed by atoms with Crippen LogP contribution in [0.4, 0.5) is 0 Å². The van der Waals surface area contributed by atoms with Crippen LogP contribution in [-0.4, -0.2) is 25.2 Å². The highest BCUT2D eigenvalue weighted by molar-refractivity contribution is 9.10. The van der Waals surface area contributed by atoms with Gasteiger partial charge in [0.15, 0.2) is 0 Å². The van der Waals surface area contributed by atoms with Crippen molar-refractivity contribution in [1.29, 1.82) is 0 Å². The summed E-state index contributed by atoms with van der Waals surface area (Å²) in [5.74, 6) is -0.229. The first kappa shape index (κ1) is 14.2. The Kier molecular flexibility index (Phi) is 5.65. The molecule has 2 unspecified atom stereocenters. The topological polar surface area (TPSA) is 38.3 Å². The van der Waals surface area contributed by atoms with Gasteiger partial charge in [-0.15, -0.1) is 0 Å². The van der Waals surface area contributed by atoms with Gasteiger partial charge in [0.05, 0.1) is 7.11 Å². The number of carbonyl (C=O) groups is 1. The summed E-state index contributed by atoms with van der Waals surface area (Å²) >= 11 is 3.40. The molecule has 0 spiro atoms. The van der Waals surface area contributed by atoms with Crippen molar-refractivity contribution in [2.75, 3.05) is 7.11 Å². The first-order valence-corrected chi connectivity index (χ1v) is 6.40. The van der Waals surface area contributed by atoms with Crippen LogP contribution in [0.25, 0.3) is 0 Å². The minimum absolute atomic E-state index is 0.227. The van der Waals surface area contributed by atoms with Crippen molar-refractivity contribution in [2.45, 2.75) is 32.4 Å². The zero-order chi connectivity index (χ0) is 12.8. The molecular formula is C13H18BrNO2. The Balaban J connectivity index is 2.46. The van der Waals surface area contributed by atoms with E-state index in [1.54, 1.807) is 0 Å². The molecule has 2 atom stereocenters. The molecule has 1 aromatic carbocycles. The number of ether oxygens (including phenoxy) is 1. The van der Waals surface area contributed by atoms with Crippen molar-refractivity contribution < 1.29 is 9.53 Å². The lowest BCUT2D eigenvalue weighted by molar-refractivity contribution is -0.142. The number of methoxy groups -OCH3 is 1. The molecule has 0 saturated heterocycles. The van der Waals surface area contributed by atoms with E-state index in [-0.39, 0.29) is 18.1 Å². The third kappa shape index (κ3) is 4.88. The predicted molar refractivity (Wildman–Crippen MR) is 71.9 cm³/mol. The van der Waals surface area contributed by atoms with Crippen LogP contribution in [0.3, 0.4) is 0 Å². The number of hydrogen-bond acceptors (Lipinski definition) is 3. The second kappa shape index (κ2) is 6.77. The molecule has 4 heteroatoms. The van der Waals surface area contributed by atoms with E-state index in [0.29, 0.717) is 0 Å². The molecule has 0 saturated carbocycles. The highest BCUT2D eigenvalue weighted by Crippen LogP contribution is 2.12. The van der Waals surface area contributed by atoms with Gasteiger partial charge >= 0.3 is 5.97 Å². The lowest BCUT2D eigenvalue weighted by Crippen LogP contribution is -2.41. The van der Waals surface area contributed by atoms with Gasteiger partial charge in [-0.25, -0.2) is 0 Å². The van der Waals surface area contributed by atoms with Crippen molar-refractivity contribution in [3.05, 3.63) is 34.3 Å². The maximum absolute atomic E-state index is 11.3. The van der Waals surface area contributed by atoms with Crippen LogP contribution in [-0.2, 0) is 16.0 Å². The van der Waals surface area contributed by atoms with Crippen molar-refractivity contribution in [3.8, 4) is 0 Å². The van der Waals surface area contributed by atoms with Crippen LogP contribution in [0.15, 0.2) is 28.7 Å². The SMILES string of the molecule is COC(=O)C(C)NC(C)Cc1ccc(Br)cc1. The monoisotopic (exact) mass is 299 g/mol. The maximum atomic E-state index is 11.3. The Morgan fingerprint density at radius 3 is 2.47 bits per heavy atom. The molecular weight excluding hydrogens is 282 g/mol. The molecule has 17 heavy (non-hydrogen) atoms. The van der Waals surface area contributed by atoms with Gasteiger partial charge in [0, 0.05) is 10.5 Å². The molecule has 0 heterocycles. The average Bonchev–Trinajstić information content (AvgIpc) is 2.30. The van der Waals surface area contributed by atoms with E-state index >= 15 is 0 Å². The Morgan fingerprint density at radius 2 is 1.94 bits per heavy atom. The number of benzene rings is 1. The molecule has 0 fully saturated rings. The molecule has 0 aliphatic heterocycles. The van der Waals surface area contributed by atoms with Crippen LogP contribution in [0.1, 0.15) is 19.4 Å². The number of nitrogens with one attached hydrogen (secondary N) is 1. The summed E-state index contributed by atoms with van der Waals surface area (Å²) in [6.45, 7) is 3.87. The van der Waals surface area contributed by atoms with E-state index in [1.807, 2.05) is 19.1 Å². The van der Waals surface area contributed by atoms with Crippen molar-refractivity contribution in [1.82, 2.24) is 5.32 Å². The standard InChI is InChI=1S/C13H18BrNO2/c1-9(15-10(2)13(16)17-3)8-11-4-6-12(14)7-5-11/h4-7,9-10,15H,8H2,1-3H3. The van der Waals surface area contributed by atoms with Gasteiger partial charge in [-0.2, -0.15) is 0 Å². The number of esters is 1. The molecule has 0 aliphatic carbocycles. The lowest BCUT2D eigenvalue weighted by Gasteiger charge is -2.18. The van der Waals surface area contributed by atoms with E-state index in [2.05, 4.69) is 45.0 Å². The van der Waals surface area contributed by atoms with Gasteiger partial charge in [-0.3, -0.25) is 4.79 Å². The Hall–Kier alpha value is -0.870. The lowest BCUT2D eigenvalue weighted by atomic mass is 10.1. The molecule has 0 amide bonds. The van der Waals surface area contributed by atoms with Crippen LogP contribution >= 0.6 is 15.9 Å². The maximum Gasteiger partial charge on any atom is 0.322 e. The van der Waals surface area contributed by atoms with Crippen LogP contribution in [0.5, 0.6) is 0 Å². The number of carbonyl (C=O) groups excluding carboxylic acids is 1. The normalized spacial score (nSPS) is 14.1. The molecule has 1 N–H and O–H groups in total. The number of halogens is 1. The van der Waals surface area contributed by atoms with Gasteiger partial charge in [-0.1, -0.05) is 28.1 Å². The fourth-order valence-electron chi connectivity index (χ4n) is 1.70. The van der Waals surface area contributed by atoms with E-state index in [1.165, 1.54) is 12.7 Å². The second-order valence-corrected chi connectivity index (χ2v) is 5.06. The molecule has 1 aromatic rings. The van der Waals surface area contributed by atoms with E-state index in [0.717, 1.165) is 10.9 Å². The first-order valence-electron chi connectivity index (χ1n) is 5.61. The van der Waals surface area contributed by atoms with E-state index in [4.69, 9.17) is 0 Å².